The molecule has 1 unspecified atom stereocenters. The largest absolute Gasteiger partial charge is 0.329 e. The van der Waals surface area contributed by atoms with Gasteiger partial charge in [0.25, 0.3) is 0 Å². The second-order valence-electron chi connectivity index (χ2n) is 4.29. The van der Waals surface area contributed by atoms with Gasteiger partial charge >= 0.3 is 0 Å². The Balaban J connectivity index is 0.000000921. The van der Waals surface area contributed by atoms with E-state index >= 15 is 0 Å². The van der Waals surface area contributed by atoms with Gasteiger partial charge in [-0.2, -0.15) is 0 Å². The first-order valence-electron chi connectivity index (χ1n) is 6.01. The lowest BCUT2D eigenvalue weighted by atomic mass is 10.1. The van der Waals surface area contributed by atoms with Crippen molar-refractivity contribution in [1.82, 2.24) is 9.80 Å². The number of carbonyl (C=O) groups excluding carboxylic acids is 1. The summed E-state index contributed by atoms with van der Waals surface area (Å²) in [6, 6.07) is 0.608. The number of hydrogen-bond donors (Lipinski definition) is 0. The summed E-state index contributed by atoms with van der Waals surface area (Å²) < 4.78 is 0. The van der Waals surface area contributed by atoms with Crippen LogP contribution in [0.3, 0.4) is 0 Å². The third-order valence-corrected chi connectivity index (χ3v) is 2.77. The Morgan fingerprint density at radius 3 is 2.27 bits per heavy atom. The summed E-state index contributed by atoms with van der Waals surface area (Å²) in [6.45, 7) is 11.8. The minimum atomic E-state index is 0.127. The molecule has 0 aromatic carbocycles. The van der Waals surface area contributed by atoms with Crippen LogP contribution < -0.4 is 0 Å². The van der Waals surface area contributed by atoms with Crippen molar-refractivity contribution in [3.8, 4) is 0 Å². The molecule has 1 heterocycles. The summed E-state index contributed by atoms with van der Waals surface area (Å²) in [7, 11) is 2.07. The van der Waals surface area contributed by atoms with Gasteiger partial charge < -0.3 is 4.90 Å². The normalized spacial score (nSPS) is 22.3. The molecule has 0 saturated carbocycles. The smallest absolute Gasteiger partial charge is 0.226 e. The van der Waals surface area contributed by atoms with E-state index in [-0.39, 0.29) is 11.8 Å². The number of nitrogens with zero attached hydrogens (tertiary/aromatic N) is 2. The Morgan fingerprint density at radius 2 is 1.87 bits per heavy atom. The van der Waals surface area contributed by atoms with Gasteiger partial charge in [-0.15, -0.1) is 0 Å². The fourth-order valence-corrected chi connectivity index (χ4v) is 1.59. The maximum atomic E-state index is 11.6. The highest BCUT2D eigenvalue weighted by Crippen LogP contribution is 2.13. The third kappa shape index (κ3) is 4.20. The molecule has 0 radical (unpaired) electrons. The van der Waals surface area contributed by atoms with Crippen LogP contribution in [0, 0.1) is 5.92 Å². The van der Waals surface area contributed by atoms with Crippen LogP contribution in [0.25, 0.3) is 0 Å². The molecule has 3 nitrogen and oxygen atoms in total. The molecule has 0 N–H and O–H groups in total. The molecule has 0 aromatic rings. The zero-order valence-electron chi connectivity index (χ0n) is 11.1. The molecule has 0 aliphatic carbocycles. The predicted octanol–water partition coefficient (Wildman–Crippen LogP) is 2.18. The van der Waals surface area contributed by atoms with E-state index < -0.39 is 0 Å². The van der Waals surface area contributed by atoms with Crippen LogP contribution in [0.1, 0.15) is 41.0 Å². The number of carbonyl (C=O) groups is 1. The van der Waals surface area contributed by atoms with Crippen LogP contribution in [0.2, 0.25) is 0 Å². The Morgan fingerprint density at radius 1 is 1.33 bits per heavy atom. The minimum Gasteiger partial charge on any atom is -0.329 e. The number of rotatable bonds is 1. The van der Waals surface area contributed by atoms with Gasteiger partial charge in [0.05, 0.1) is 6.67 Å². The lowest BCUT2D eigenvalue weighted by Gasteiger charge is -2.38. The average Bonchev–Trinajstić information content (AvgIpc) is 2.24. The molecule has 0 spiro atoms. The first-order valence-corrected chi connectivity index (χ1v) is 6.01. The summed E-state index contributed by atoms with van der Waals surface area (Å²) in [5.74, 6) is 0.403. The summed E-state index contributed by atoms with van der Waals surface area (Å²) in [5, 5.41) is 0. The summed E-state index contributed by atoms with van der Waals surface area (Å²) in [6.07, 6.45) is 1.09. The van der Waals surface area contributed by atoms with Gasteiger partial charge in [-0.3, -0.25) is 9.69 Å². The van der Waals surface area contributed by atoms with E-state index in [9.17, 15) is 4.79 Å². The molecular weight excluding hydrogens is 188 g/mol. The standard InChI is InChI=1S/C10H20N2O.C2H6/c1-8(2)10(13)12-6-5-9(3)11(4)7-12;1-2/h8-9H,5-7H2,1-4H3;1-2H3. The minimum absolute atomic E-state index is 0.127. The van der Waals surface area contributed by atoms with Crippen LogP contribution in [-0.2, 0) is 4.79 Å². The second-order valence-corrected chi connectivity index (χ2v) is 4.29. The lowest BCUT2D eigenvalue weighted by Crippen LogP contribution is -2.50. The molecular formula is C12H26N2O. The highest BCUT2D eigenvalue weighted by Gasteiger charge is 2.25. The SMILES string of the molecule is CC.CC(C)C(=O)N1CCC(C)N(C)C1. The van der Waals surface area contributed by atoms with E-state index in [1.807, 2.05) is 32.6 Å². The molecule has 1 atom stereocenters. The van der Waals surface area contributed by atoms with Crippen molar-refractivity contribution in [2.45, 2.75) is 47.1 Å². The van der Waals surface area contributed by atoms with Gasteiger partial charge in [0, 0.05) is 18.5 Å². The summed E-state index contributed by atoms with van der Waals surface area (Å²) in [4.78, 5) is 15.8. The van der Waals surface area contributed by atoms with Crippen LogP contribution in [0.4, 0.5) is 0 Å². The molecule has 3 heteroatoms. The summed E-state index contributed by atoms with van der Waals surface area (Å²) in [5.41, 5.74) is 0. The molecule has 1 aliphatic rings. The third-order valence-electron chi connectivity index (χ3n) is 2.77. The van der Waals surface area contributed by atoms with Gasteiger partial charge in [-0.25, -0.2) is 0 Å². The Hall–Kier alpha value is -0.570. The van der Waals surface area contributed by atoms with Crippen molar-refractivity contribution >= 4 is 5.91 Å². The molecule has 1 aliphatic heterocycles. The van der Waals surface area contributed by atoms with Gasteiger partial charge in [0.1, 0.15) is 0 Å². The first kappa shape index (κ1) is 14.4. The van der Waals surface area contributed by atoms with Crippen molar-refractivity contribution in [3.63, 3.8) is 0 Å². The topological polar surface area (TPSA) is 23.6 Å². The Bertz CT molecular complexity index is 192. The van der Waals surface area contributed by atoms with E-state index in [1.54, 1.807) is 0 Å². The van der Waals surface area contributed by atoms with Gasteiger partial charge in [-0.05, 0) is 20.4 Å². The monoisotopic (exact) mass is 214 g/mol. The van der Waals surface area contributed by atoms with Crippen LogP contribution in [0.15, 0.2) is 0 Å². The van der Waals surface area contributed by atoms with E-state index in [2.05, 4.69) is 18.9 Å². The quantitative estimate of drug-likeness (QED) is 0.668. The molecule has 90 valence electrons. The van der Waals surface area contributed by atoms with E-state index in [4.69, 9.17) is 0 Å². The maximum absolute atomic E-state index is 11.6. The molecule has 0 aromatic heterocycles. The van der Waals surface area contributed by atoms with Gasteiger partial charge in [0.15, 0.2) is 0 Å². The molecule has 1 saturated heterocycles. The number of amides is 1. The van der Waals surface area contributed by atoms with E-state index in [0.29, 0.717) is 6.04 Å². The Labute approximate surface area is 94.4 Å². The van der Waals surface area contributed by atoms with Crippen LogP contribution >= 0.6 is 0 Å². The fraction of sp³-hybridized carbons (Fsp3) is 0.917. The second kappa shape index (κ2) is 6.83. The highest BCUT2D eigenvalue weighted by atomic mass is 16.2. The van der Waals surface area contributed by atoms with Crippen molar-refractivity contribution in [1.29, 1.82) is 0 Å². The first-order chi connectivity index (χ1) is 7.02. The van der Waals surface area contributed by atoms with Crippen molar-refractivity contribution in [3.05, 3.63) is 0 Å². The molecule has 1 fully saturated rings. The zero-order chi connectivity index (χ0) is 12.0. The Kier molecular flexibility index (Phi) is 6.57. The van der Waals surface area contributed by atoms with Crippen molar-refractivity contribution in [2.24, 2.45) is 5.92 Å². The average molecular weight is 214 g/mol. The van der Waals surface area contributed by atoms with Gasteiger partial charge in [0.2, 0.25) is 5.91 Å². The maximum Gasteiger partial charge on any atom is 0.226 e. The predicted molar refractivity (Wildman–Crippen MR) is 64.6 cm³/mol. The van der Waals surface area contributed by atoms with Gasteiger partial charge in [-0.1, -0.05) is 27.7 Å². The molecule has 1 amide bonds. The lowest BCUT2D eigenvalue weighted by molar-refractivity contribution is -0.139. The van der Waals surface area contributed by atoms with E-state index in [0.717, 1.165) is 19.6 Å². The summed E-state index contributed by atoms with van der Waals surface area (Å²) >= 11 is 0. The van der Waals surface area contributed by atoms with Crippen LogP contribution in [-0.4, -0.2) is 42.0 Å². The van der Waals surface area contributed by atoms with Crippen LogP contribution in [0.5, 0.6) is 0 Å². The van der Waals surface area contributed by atoms with E-state index in [1.165, 1.54) is 0 Å². The fourth-order valence-electron chi connectivity index (χ4n) is 1.59. The van der Waals surface area contributed by atoms with Crippen molar-refractivity contribution < 1.29 is 4.79 Å². The molecule has 15 heavy (non-hydrogen) atoms. The zero-order valence-corrected chi connectivity index (χ0v) is 11.1. The molecule has 0 bridgehead atoms. The highest BCUT2D eigenvalue weighted by molar-refractivity contribution is 5.78. The molecule has 1 rings (SSSR count). The number of hydrogen-bond acceptors (Lipinski definition) is 2. The van der Waals surface area contributed by atoms with Crippen molar-refractivity contribution in [2.75, 3.05) is 20.3 Å².